The quantitative estimate of drug-likeness (QED) is 0.720. The van der Waals surface area contributed by atoms with E-state index in [1.807, 2.05) is 0 Å². The number of hydrogen-bond acceptors (Lipinski definition) is 5. The third-order valence-corrected chi connectivity index (χ3v) is 3.82. The van der Waals surface area contributed by atoms with E-state index >= 15 is 0 Å². The van der Waals surface area contributed by atoms with Crippen molar-refractivity contribution in [1.29, 1.82) is 0 Å². The molecule has 6 nitrogen and oxygen atoms in total. The van der Waals surface area contributed by atoms with Crippen molar-refractivity contribution >= 4 is 34.7 Å². The molecule has 0 atom stereocenters. The van der Waals surface area contributed by atoms with Gasteiger partial charge in [-0.05, 0) is 24.3 Å². The van der Waals surface area contributed by atoms with Crippen LogP contribution in [0.1, 0.15) is 0 Å². The largest absolute Gasteiger partial charge is 0.398 e. The van der Waals surface area contributed by atoms with Gasteiger partial charge in [0.15, 0.2) is 10.8 Å². The number of nitrogens with two attached hydrogens (primary N) is 1. The molecule has 2 heterocycles. The zero-order valence-corrected chi connectivity index (χ0v) is 12.2. The molecule has 0 aliphatic rings. The highest BCUT2D eigenvalue weighted by Gasteiger charge is 2.11. The van der Waals surface area contributed by atoms with Crippen LogP contribution < -0.4 is 11.1 Å². The van der Waals surface area contributed by atoms with Gasteiger partial charge < -0.3 is 11.1 Å². The smallest absolute Gasteiger partial charge is 0.234 e. The first kappa shape index (κ1) is 14.3. The molecule has 0 saturated heterocycles. The van der Waals surface area contributed by atoms with Crippen LogP contribution in [0.4, 0.5) is 15.8 Å². The number of fused-ring (bicyclic) bond motifs is 1. The number of nitrogen functional groups attached to an aromatic ring is 1. The summed E-state index contributed by atoms with van der Waals surface area (Å²) in [5, 5.41) is 11.0. The van der Waals surface area contributed by atoms with Crippen LogP contribution in [0.2, 0.25) is 0 Å². The molecule has 0 radical (unpaired) electrons. The van der Waals surface area contributed by atoms with E-state index in [0.29, 0.717) is 16.5 Å². The standard InChI is InChI=1S/C14H12FN5OS/c15-10-3-1-2-4-11(10)17-13(21)8-22-14-19-18-12-6-5-9(16)7-20(12)14/h1-7H,8,16H2,(H,17,21). The average Bonchev–Trinajstić information content (AvgIpc) is 2.90. The van der Waals surface area contributed by atoms with Gasteiger partial charge >= 0.3 is 0 Å². The van der Waals surface area contributed by atoms with Crippen LogP contribution in [0.15, 0.2) is 47.8 Å². The van der Waals surface area contributed by atoms with E-state index in [9.17, 15) is 9.18 Å². The molecule has 0 bridgehead atoms. The molecule has 3 N–H and O–H groups in total. The first-order chi connectivity index (χ1) is 10.6. The van der Waals surface area contributed by atoms with Crippen molar-refractivity contribution < 1.29 is 9.18 Å². The van der Waals surface area contributed by atoms with Crippen molar-refractivity contribution in [2.45, 2.75) is 5.16 Å². The highest BCUT2D eigenvalue weighted by Crippen LogP contribution is 2.19. The van der Waals surface area contributed by atoms with Crippen molar-refractivity contribution in [3.63, 3.8) is 0 Å². The SMILES string of the molecule is Nc1ccc2nnc(SCC(=O)Nc3ccccc3F)n2c1. The van der Waals surface area contributed by atoms with Crippen LogP contribution in [0.3, 0.4) is 0 Å². The molecular weight excluding hydrogens is 305 g/mol. The Kier molecular flexibility index (Phi) is 3.92. The number of carbonyl (C=O) groups excluding carboxylic acids is 1. The summed E-state index contributed by atoms with van der Waals surface area (Å²) in [6, 6.07) is 9.48. The zero-order valence-electron chi connectivity index (χ0n) is 11.4. The van der Waals surface area contributed by atoms with E-state index in [1.54, 1.807) is 34.9 Å². The molecule has 0 saturated carbocycles. The first-order valence-electron chi connectivity index (χ1n) is 6.41. The van der Waals surface area contributed by atoms with Crippen LogP contribution in [-0.4, -0.2) is 26.3 Å². The molecule has 0 unspecified atom stereocenters. The molecule has 0 fully saturated rings. The second kappa shape index (κ2) is 6.02. The molecule has 8 heteroatoms. The van der Waals surface area contributed by atoms with Crippen LogP contribution in [-0.2, 0) is 4.79 Å². The summed E-state index contributed by atoms with van der Waals surface area (Å²) in [7, 11) is 0. The maximum atomic E-state index is 13.5. The molecule has 1 amide bonds. The number of amides is 1. The highest BCUT2D eigenvalue weighted by atomic mass is 32.2. The Hall–Kier alpha value is -2.61. The minimum absolute atomic E-state index is 0.0872. The second-order valence-electron chi connectivity index (χ2n) is 4.49. The summed E-state index contributed by atoms with van der Waals surface area (Å²) in [5.41, 5.74) is 7.09. The van der Waals surface area contributed by atoms with Crippen molar-refractivity contribution in [3.05, 3.63) is 48.4 Å². The van der Waals surface area contributed by atoms with Crippen molar-refractivity contribution in [2.24, 2.45) is 0 Å². The molecule has 0 spiro atoms. The fourth-order valence-corrected chi connectivity index (χ4v) is 2.58. The van der Waals surface area contributed by atoms with Gasteiger partial charge in [-0.2, -0.15) is 0 Å². The number of thioether (sulfide) groups is 1. The lowest BCUT2D eigenvalue weighted by Gasteiger charge is -2.05. The van der Waals surface area contributed by atoms with E-state index in [0.717, 1.165) is 0 Å². The number of benzene rings is 1. The van der Waals surface area contributed by atoms with Gasteiger partial charge in [0.2, 0.25) is 5.91 Å². The number of para-hydroxylation sites is 1. The maximum absolute atomic E-state index is 13.5. The maximum Gasteiger partial charge on any atom is 0.234 e. The number of nitrogens with one attached hydrogen (secondary N) is 1. The molecule has 0 aliphatic heterocycles. The Balaban J connectivity index is 1.68. The summed E-state index contributed by atoms with van der Waals surface area (Å²) in [4.78, 5) is 11.9. The third kappa shape index (κ3) is 3.01. The van der Waals surface area contributed by atoms with Crippen molar-refractivity contribution in [2.75, 3.05) is 16.8 Å². The Morgan fingerprint density at radius 3 is 2.91 bits per heavy atom. The third-order valence-electron chi connectivity index (χ3n) is 2.87. The van der Waals surface area contributed by atoms with E-state index < -0.39 is 5.82 Å². The lowest BCUT2D eigenvalue weighted by molar-refractivity contribution is -0.113. The Morgan fingerprint density at radius 2 is 2.09 bits per heavy atom. The summed E-state index contributed by atoms with van der Waals surface area (Å²) >= 11 is 1.20. The van der Waals surface area contributed by atoms with Gasteiger partial charge in [0.25, 0.3) is 0 Å². The van der Waals surface area contributed by atoms with Gasteiger partial charge in [0.1, 0.15) is 5.82 Å². The zero-order chi connectivity index (χ0) is 15.5. The molecule has 1 aromatic carbocycles. The van der Waals surface area contributed by atoms with Crippen molar-refractivity contribution in [3.8, 4) is 0 Å². The van der Waals surface area contributed by atoms with E-state index in [-0.39, 0.29) is 17.3 Å². The molecule has 112 valence electrons. The summed E-state index contributed by atoms with van der Waals surface area (Å²) < 4.78 is 15.2. The number of halogens is 1. The minimum Gasteiger partial charge on any atom is -0.398 e. The minimum atomic E-state index is -0.471. The number of anilines is 2. The van der Waals surface area contributed by atoms with Crippen LogP contribution >= 0.6 is 11.8 Å². The fraction of sp³-hybridized carbons (Fsp3) is 0.0714. The number of hydrogen-bond donors (Lipinski definition) is 2. The lowest BCUT2D eigenvalue weighted by atomic mass is 10.3. The number of rotatable bonds is 4. The first-order valence-corrected chi connectivity index (χ1v) is 7.39. The second-order valence-corrected chi connectivity index (χ2v) is 5.43. The number of pyridine rings is 1. The number of aromatic nitrogens is 3. The summed E-state index contributed by atoms with van der Waals surface area (Å²) in [6.45, 7) is 0. The molecule has 3 aromatic rings. The summed E-state index contributed by atoms with van der Waals surface area (Å²) in [5.74, 6) is -0.707. The van der Waals surface area contributed by atoms with E-state index in [4.69, 9.17) is 5.73 Å². The number of carbonyl (C=O) groups is 1. The van der Waals surface area contributed by atoms with Crippen molar-refractivity contribution in [1.82, 2.24) is 14.6 Å². The topological polar surface area (TPSA) is 85.3 Å². The van der Waals surface area contributed by atoms with E-state index in [2.05, 4.69) is 15.5 Å². The molecule has 3 rings (SSSR count). The van der Waals surface area contributed by atoms with Crippen LogP contribution in [0, 0.1) is 5.82 Å². The van der Waals surface area contributed by atoms with Gasteiger partial charge in [-0.1, -0.05) is 23.9 Å². The van der Waals surface area contributed by atoms with Crippen LogP contribution in [0.25, 0.3) is 5.65 Å². The normalized spacial score (nSPS) is 10.8. The van der Waals surface area contributed by atoms with Gasteiger partial charge in [-0.15, -0.1) is 10.2 Å². The summed E-state index contributed by atoms with van der Waals surface area (Å²) in [6.07, 6.45) is 1.69. The van der Waals surface area contributed by atoms with Gasteiger partial charge in [0.05, 0.1) is 11.4 Å². The Labute approximate surface area is 129 Å². The lowest BCUT2D eigenvalue weighted by Crippen LogP contribution is -2.15. The van der Waals surface area contributed by atoms with Gasteiger partial charge in [-0.3, -0.25) is 9.20 Å². The highest BCUT2D eigenvalue weighted by molar-refractivity contribution is 7.99. The van der Waals surface area contributed by atoms with Gasteiger partial charge in [0, 0.05) is 11.9 Å². The number of nitrogens with zero attached hydrogens (tertiary/aromatic N) is 3. The predicted octanol–water partition coefficient (Wildman–Crippen LogP) is 2.18. The molecule has 22 heavy (non-hydrogen) atoms. The molecule has 0 aliphatic carbocycles. The average molecular weight is 317 g/mol. The molecular formula is C14H12FN5OS. The van der Waals surface area contributed by atoms with Gasteiger partial charge in [-0.25, -0.2) is 4.39 Å². The monoisotopic (exact) mass is 317 g/mol. The molecule has 2 aromatic heterocycles. The van der Waals surface area contributed by atoms with Crippen LogP contribution in [0.5, 0.6) is 0 Å². The Bertz CT molecular complexity index is 835. The van der Waals surface area contributed by atoms with E-state index in [1.165, 1.54) is 23.9 Å². The Morgan fingerprint density at radius 1 is 1.27 bits per heavy atom. The predicted molar refractivity (Wildman–Crippen MR) is 83.2 cm³/mol. The fourth-order valence-electron chi connectivity index (χ4n) is 1.86.